The van der Waals surface area contributed by atoms with Crippen molar-refractivity contribution in [3.05, 3.63) is 190 Å². The second-order valence-corrected chi connectivity index (χ2v) is 28.7. The average molecular weight is 986 g/mol. The standard InChI is InChI=1S/C71H80BN3/c1-64(2,3)46-27-31-51(32-28-46)73-59-34-30-49(66(7,8)9)41-56(59)72-57-42-50(67(10,11)12)40-55-63(57)75(70(15)53-26-20-19-23-45(53)35-38-68(55,70)13)61-44-52(43-60(73)62(61)72)74-58-33-29-48(65(4,5)6)39-54(58)71(47-24-17-16-18-25-47)37-22-21-36-69(71,74)14/h16-20,23-34,39-44H,21-22,35-38H2,1-15H3. The quantitative estimate of drug-likeness (QED) is 0.163. The van der Waals surface area contributed by atoms with Crippen LogP contribution in [0.15, 0.2) is 140 Å². The normalized spacial score (nSPS) is 24.3. The van der Waals surface area contributed by atoms with E-state index in [9.17, 15) is 0 Å². The van der Waals surface area contributed by atoms with Gasteiger partial charge in [0.1, 0.15) is 0 Å². The zero-order valence-electron chi connectivity index (χ0n) is 47.9. The molecule has 0 aromatic heterocycles. The number of hydrogen-bond donors (Lipinski definition) is 0. The monoisotopic (exact) mass is 986 g/mol. The molecule has 7 aromatic rings. The summed E-state index contributed by atoms with van der Waals surface area (Å²) in [5.41, 5.74) is 25.5. The number of anilines is 7. The summed E-state index contributed by atoms with van der Waals surface area (Å²) >= 11 is 0. The van der Waals surface area contributed by atoms with Gasteiger partial charge in [0.15, 0.2) is 0 Å². The van der Waals surface area contributed by atoms with E-state index >= 15 is 0 Å². The smallest absolute Gasteiger partial charge is 0.252 e. The third-order valence-electron chi connectivity index (χ3n) is 20.4. The van der Waals surface area contributed by atoms with Gasteiger partial charge < -0.3 is 14.7 Å². The maximum Gasteiger partial charge on any atom is 0.252 e. The largest absolute Gasteiger partial charge is 0.334 e. The molecule has 13 rings (SSSR count). The Morgan fingerprint density at radius 1 is 0.440 bits per heavy atom. The van der Waals surface area contributed by atoms with Crippen LogP contribution in [0, 0.1) is 0 Å². The van der Waals surface area contributed by atoms with Crippen molar-refractivity contribution < 1.29 is 0 Å². The minimum atomic E-state index is -0.368. The van der Waals surface area contributed by atoms with Crippen molar-refractivity contribution in [1.29, 1.82) is 0 Å². The van der Waals surface area contributed by atoms with Gasteiger partial charge in [-0.15, -0.1) is 0 Å². The molecule has 0 saturated heterocycles. The van der Waals surface area contributed by atoms with E-state index in [1.807, 2.05) is 0 Å². The first-order valence-corrected chi connectivity index (χ1v) is 28.6. The van der Waals surface area contributed by atoms with Crippen molar-refractivity contribution in [1.82, 2.24) is 0 Å². The van der Waals surface area contributed by atoms with Crippen molar-refractivity contribution in [2.45, 2.75) is 186 Å². The highest BCUT2D eigenvalue weighted by molar-refractivity contribution is 7.00. The van der Waals surface area contributed by atoms with Gasteiger partial charge in [-0.05, 0) is 164 Å². The maximum absolute atomic E-state index is 2.94. The highest BCUT2D eigenvalue weighted by Crippen LogP contribution is 2.68. The van der Waals surface area contributed by atoms with Crippen molar-refractivity contribution in [3.63, 3.8) is 0 Å². The molecule has 3 nitrogen and oxygen atoms in total. The van der Waals surface area contributed by atoms with E-state index in [0.29, 0.717) is 0 Å². The SMILES string of the molecule is CC(C)(C)c1ccc(N2c3ccc(C(C)(C)C)cc3B3c4cc(C(C)(C)C)cc5c4N(c4cc(N6c7ccc(C(C)(C)C)cc7C7(c8ccccc8)CCCCC67C)cc2c43)C2(C)c3ccccc3CCC52C)cc1. The molecule has 1 saturated carbocycles. The van der Waals surface area contributed by atoms with Crippen LogP contribution in [0.4, 0.5) is 39.8 Å². The predicted octanol–water partition coefficient (Wildman–Crippen LogP) is 16.5. The van der Waals surface area contributed by atoms with Crippen molar-refractivity contribution >= 4 is 62.9 Å². The first-order valence-electron chi connectivity index (χ1n) is 28.6. The Hall–Kier alpha value is -6.00. The van der Waals surface area contributed by atoms with E-state index < -0.39 is 0 Å². The lowest BCUT2D eigenvalue weighted by Crippen LogP contribution is -2.64. The van der Waals surface area contributed by atoms with Gasteiger partial charge in [-0.3, -0.25) is 0 Å². The van der Waals surface area contributed by atoms with Gasteiger partial charge in [-0.1, -0.05) is 206 Å². The molecule has 75 heavy (non-hydrogen) atoms. The van der Waals surface area contributed by atoms with Crippen LogP contribution >= 0.6 is 0 Å². The third kappa shape index (κ3) is 6.47. The molecule has 6 aliphatic rings. The van der Waals surface area contributed by atoms with Crippen LogP contribution < -0.4 is 31.1 Å². The molecule has 2 aliphatic carbocycles. The summed E-state index contributed by atoms with van der Waals surface area (Å²) in [5.74, 6) is 0. The van der Waals surface area contributed by atoms with Gasteiger partial charge in [-0.2, -0.15) is 0 Å². The Morgan fingerprint density at radius 2 is 1.01 bits per heavy atom. The maximum atomic E-state index is 2.94. The number of fused-ring (bicyclic) bond motifs is 12. The molecule has 4 atom stereocenters. The van der Waals surface area contributed by atoms with Crippen LogP contribution in [-0.4, -0.2) is 12.3 Å². The Bertz CT molecular complexity index is 3500. The molecule has 382 valence electrons. The number of hydrogen-bond acceptors (Lipinski definition) is 3. The lowest BCUT2D eigenvalue weighted by Gasteiger charge is -2.54. The van der Waals surface area contributed by atoms with E-state index in [1.165, 1.54) is 119 Å². The van der Waals surface area contributed by atoms with Gasteiger partial charge in [0.2, 0.25) is 0 Å². The highest BCUT2D eigenvalue weighted by atomic mass is 15.3. The molecule has 0 bridgehead atoms. The lowest BCUT2D eigenvalue weighted by atomic mass is 9.33. The van der Waals surface area contributed by atoms with Crippen molar-refractivity contribution in [3.8, 4) is 0 Å². The van der Waals surface area contributed by atoms with Crippen LogP contribution in [0.3, 0.4) is 0 Å². The fraction of sp³-hybridized carbons (Fsp3) is 0.408. The fourth-order valence-electron chi connectivity index (χ4n) is 16.0. The van der Waals surface area contributed by atoms with E-state index in [4.69, 9.17) is 0 Å². The molecule has 4 aliphatic heterocycles. The molecule has 0 amide bonds. The predicted molar refractivity (Wildman–Crippen MR) is 321 cm³/mol. The molecule has 0 N–H and O–H groups in total. The second-order valence-electron chi connectivity index (χ2n) is 28.7. The van der Waals surface area contributed by atoms with Gasteiger partial charge >= 0.3 is 0 Å². The highest BCUT2D eigenvalue weighted by Gasteiger charge is 2.65. The topological polar surface area (TPSA) is 9.72 Å². The Morgan fingerprint density at radius 3 is 1.69 bits per heavy atom. The summed E-state index contributed by atoms with van der Waals surface area (Å²) in [6.45, 7) is 36.5. The number of aryl methyl sites for hydroxylation is 1. The number of rotatable bonds is 3. The summed E-state index contributed by atoms with van der Waals surface area (Å²) in [5, 5.41) is 0. The molecule has 4 heterocycles. The van der Waals surface area contributed by atoms with E-state index in [1.54, 1.807) is 0 Å². The summed E-state index contributed by atoms with van der Waals surface area (Å²) in [6, 6.07) is 56.7. The Labute approximate surface area is 450 Å². The van der Waals surface area contributed by atoms with Crippen LogP contribution in [0.1, 0.15) is 186 Å². The summed E-state index contributed by atoms with van der Waals surface area (Å²) in [6.07, 6.45) is 6.79. The summed E-state index contributed by atoms with van der Waals surface area (Å²) in [4.78, 5) is 8.51. The number of benzene rings is 7. The van der Waals surface area contributed by atoms with Crippen molar-refractivity contribution in [2.24, 2.45) is 0 Å². The van der Waals surface area contributed by atoms with Gasteiger partial charge in [0, 0.05) is 50.6 Å². The molecule has 0 radical (unpaired) electrons. The average Bonchev–Trinajstić information content (AvgIpc) is 4.02. The first-order chi connectivity index (χ1) is 35.3. The van der Waals surface area contributed by atoms with E-state index in [0.717, 1.165) is 25.7 Å². The summed E-state index contributed by atoms with van der Waals surface area (Å²) in [7, 11) is 0. The zero-order valence-corrected chi connectivity index (χ0v) is 47.9. The third-order valence-corrected chi connectivity index (χ3v) is 20.4. The minimum Gasteiger partial charge on any atom is -0.334 e. The molecule has 0 spiro atoms. The lowest BCUT2D eigenvalue weighted by molar-refractivity contribution is 0.215. The van der Waals surface area contributed by atoms with Crippen molar-refractivity contribution in [2.75, 3.05) is 14.7 Å². The molecule has 4 heteroatoms. The van der Waals surface area contributed by atoms with Gasteiger partial charge in [-0.25, -0.2) is 0 Å². The van der Waals surface area contributed by atoms with E-state index in [-0.39, 0.29) is 50.3 Å². The van der Waals surface area contributed by atoms with Crippen LogP contribution in [0.25, 0.3) is 0 Å². The fourth-order valence-corrected chi connectivity index (χ4v) is 16.0. The number of nitrogens with zero attached hydrogens (tertiary/aromatic N) is 3. The second kappa shape index (κ2) is 15.6. The molecular formula is C71H80BN3. The van der Waals surface area contributed by atoms with Crippen LogP contribution in [0.2, 0.25) is 0 Å². The Balaban J connectivity index is 1.19. The zero-order chi connectivity index (χ0) is 52.8. The van der Waals surface area contributed by atoms with Crippen LogP contribution in [0.5, 0.6) is 0 Å². The summed E-state index contributed by atoms with van der Waals surface area (Å²) < 4.78 is 0. The van der Waals surface area contributed by atoms with Gasteiger partial charge in [0.05, 0.1) is 11.1 Å². The van der Waals surface area contributed by atoms with E-state index in [2.05, 4.69) is 258 Å². The van der Waals surface area contributed by atoms with Crippen LogP contribution in [-0.2, 0) is 44.4 Å². The Kier molecular flexibility index (Phi) is 10.1. The van der Waals surface area contributed by atoms with Gasteiger partial charge in [0.25, 0.3) is 6.71 Å². The molecule has 7 aromatic carbocycles. The molecular weight excluding hydrogens is 906 g/mol. The molecule has 1 fully saturated rings. The first kappa shape index (κ1) is 48.6. The minimum absolute atomic E-state index is 0.00573. The molecule has 4 unspecified atom stereocenters.